The van der Waals surface area contributed by atoms with E-state index < -0.39 is 39.8 Å². The van der Waals surface area contributed by atoms with E-state index in [4.69, 9.17) is 0 Å². The van der Waals surface area contributed by atoms with Crippen molar-refractivity contribution in [2.24, 2.45) is 0 Å². The number of amides is 4. The fraction of sp³-hybridized carbons (Fsp3) is 0.438. The minimum absolute atomic E-state index is 0.0376. The SMILES string of the molecule is Cc1cccc(NC(=O)CN2C(=O)NC3(CCS(=O)(=O)CC3)C2=O)c1. The second-order valence-corrected chi connectivity index (χ2v) is 8.78. The predicted octanol–water partition coefficient (Wildman–Crippen LogP) is 0.433. The van der Waals surface area contributed by atoms with Gasteiger partial charge < -0.3 is 10.6 Å². The molecule has 4 amide bonds. The number of carbonyl (C=O) groups excluding carboxylic acids is 3. The molecule has 2 heterocycles. The average Bonchev–Trinajstić information content (AvgIpc) is 2.75. The molecule has 0 saturated carbocycles. The van der Waals surface area contributed by atoms with Gasteiger partial charge in [0.1, 0.15) is 12.1 Å². The first-order valence-corrected chi connectivity index (χ1v) is 9.74. The summed E-state index contributed by atoms with van der Waals surface area (Å²) >= 11 is 0. The lowest BCUT2D eigenvalue weighted by atomic mass is 9.92. The molecular weight excluding hydrogens is 346 g/mol. The highest BCUT2D eigenvalue weighted by Gasteiger charge is 2.53. The highest BCUT2D eigenvalue weighted by molar-refractivity contribution is 7.91. The summed E-state index contributed by atoms with van der Waals surface area (Å²) in [6, 6.07) is 6.50. The first kappa shape index (κ1) is 17.4. The van der Waals surface area contributed by atoms with Crippen molar-refractivity contribution in [1.29, 1.82) is 0 Å². The smallest absolute Gasteiger partial charge is 0.325 e. The number of rotatable bonds is 3. The largest absolute Gasteiger partial charge is 0.325 e. The van der Waals surface area contributed by atoms with Crippen molar-refractivity contribution in [2.45, 2.75) is 25.3 Å². The normalized spacial score (nSPS) is 21.2. The fourth-order valence-electron chi connectivity index (χ4n) is 3.11. The second-order valence-electron chi connectivity index (χ2n) is 6.47. The van der Waals surface area contributed by atoms with Crippen LogP contribution in [-0.2, 0) is 19.4 Å². The van der Waals surface area contributed by atoms with Crippen molar-refractivity contribution < 1.29 is 22.8 Å². The van der Waals surface area contributed by atoms with E-state index >= 15 is 0 Å². The third kappa shape index (κ3) is 3.51. The zero-order chi connectivity index (χ0) is 18.2. The minimum atomic E-state index is -3.17. The van der Waals surface area contributed by atoms with Crippen molar-refractivity contribution in [3.05, 3.63) is 29.8 Å². The number of nitrogens with one attached hydrogen (secondary N) is 2. The lowest BCUT2D eigenvalue weighted by Gasteiger charge is -2.30. The van der Waals surface area contributed by atoms with E-state index in [1.165, 1.54) is 0 Å². The molecule has 25 heavy (non-hydrogen) atoms. The number of imide groups is 1. The molecule has 134 valence electrons. The van der Waals surface area contributed by atoms with Gasteiger partial charge in [-0.05, 0) is 37.5 Å². The Hall–Kier alpha value is -2.42. The number of anilines is 1. The van der Waals surface area contributed by atoms with Crippen LogP contribution in [0.2, 0.25) is 0 Å². The zero-order valence-electron chi connectivity index (χ0n) is 13.7. The van der Waals surface area contributed by atoms with Crippen molar-refractivity contribution in [2.75, 3.05) is 23.4 Å². The van der Waals surface area contributed by atoms with E-state index in [0.717, 1.165) is 10.5 Å². The summed E-state index contributed by atoms with van der Waals surface area (Å²) in [5.74, 6) is -1.33. The Morgan fingerprint density at radius 3 is 2.60 bits per heavy atom. The van der Waals surface area contributed by atoms with Crippen molar-refractivity contribution in [3.63, 3.8) is 0 Å². The highest BCUT2D eigenvalue weighted by Crippen LogP contribution is 2.30. The van der Waals surface area contributed by atoms with Gasteiger partial charge in [-0.1, -0.05) is 12.1 Å². The maximum Gasteiger partial charge on any atom is 0.325 e. The fourth-order valence-corrected chi connectivity index (χ4v) is 4.64. The van der Waals surface area contributed by atoms with Crippen LogP contribution in [0.5, 0.6) is 0 Å². The van der Waals surface area contributed by atoms with Gasteiger partial charge >= 0.3 is 6.03 Å². The standard InChI is InChI=1S/C16H19N3O5S/c1-11-3-2-4-12(9-11)17-13(20)10-19-14(21)16(18-15(19)22)5-7-25(23,24)8-6-16/h2-4,9H,5-8,10H2,1H3,(H,17,20)(H,18,22). The van der Waals surface area contributed by atoms with E-state index in [-0.39, 0.29) is 24.3 Å². The summed E-state index contributed by atoms with van der Waals surface area (Å²) in [7, 11) is -3.17. The van der Waals surface area contributed by atoms with Crippen LogP contribution in [0, 0.1) is 6.92 Å². The molecule has 2 N–H and O–H groups in total. The third-order valence-electron chi connectivity index (χ3n) is 4.53. The van der Waals surface area contributed by atoms with Gasteiger partial charge in [0.15, 0.2) is 9.84 Å². The van der Waals surface area contributed by atoms with Gasteiger partial charge in [0, 0.05) is 5.69 Å². The van der Waals surface area contributed by atoms with E-state index in [9.17, 15) is 22.8 Å². The van der Waals surface area contributed by atoms with Crippen molar-refractivity contribution >= 4 is 33.4 Å². The Labute approximate surface area is 145 Å². The molecule has 0 unspecified atom stereocenters. The minimum Gasteiger partial charge on any atom is -0.325 e. The number of hydrogen-bond acceptors (Lipinski definition) is 5. The second kappa shape index (κ2) is 6.14. The Bertz CT molecular complexity index is 835. The Morgan fingerprint density at radius 1 is 1.28 bits per heavy atom. The van der Waals surface area contributed by atoms with Crippen LogP contribution < -0.4 is 10.6 Å². The number of sulfone groups is 1. The number of aryl methyl sites for hydroxylation is 1. The highest BCUT2D eigenvalue weighted by atomic mass is 32.2. The van der Waals surface area contributed by atoms with Crippen LogP contribution in [0.25, 0.3) is 0 Å². The summed E-state index contributed by atoms with van der Waals surface area (Å²) in [5, 5.41) is 5.22. The monoisotopic (exact) mass is 365 g/mol. The van der Waals surface area contributed by atoms with E-state index in [1.54, 1.807) is 18.2 Å². The van der Waals surface area contributed by atoms with Crippen molar-refractivity contribution in [3.8, 4) is 0 Å². The summed E-state index contributed by atoms with van der Waals surface area (Å²) in [6.07, 6.45) is 0.0752. The third-order valence-corrected chi connectivity index (χ3v) is 6.18. The van der Waals surface area contributed by atoms with Gasteiger partial charge in [-0.15, -0.1) is 0 Å². The molecule has 9 heteroatoms. The van der Waals surface area contributed by atoms with Crippen LogP contribution >= 0.6 is 0 Å². The number of carbonyl (C=O) groups is 3. The molecule has 2 aliphatic rings. The van der Waals surface area contributed by atoms with Crippen molar-refractivity contribution in [1.82, 2.24) is 10.2 Å². The van der Waals surface area contributed by atoms with Crippen LogP contribution in [0.4, 0.5) is 10.5 Å². The van der Waals surface area contributed by atoms with Gasteiger partial charge in [0.25, 0.3) is 5.91 Å². The Kier molecular flexibility index (Phi) is 4.28. The number of benzene rings is 1. The lowest BCUT2D eigenvalue weighted by molar-refractivity contribution is -0.134. The lowest BCUT2D eigenvalue weighted by Crippen LogP contribution is -2.52. The molecule has 0 bridgehead atoms. The Morgan fingerprint density at radius 2 is 1.96 bits per heavy atom. The number of nitrogens with zero attached hydrogens (tertiary/aromatic N) is 1. The first-order chi connectivity index (χ1) is 11.7. The molecule has 0 radical (unpaired) electrons. The maximum absolute atomic E-state index is 12.6. The van der Waals surface area contributed by atoms with E-state index in [1.807, 2.05) is 13.0 Å². The quantitative estimate of drug-likeness (QED) is 0.755. The average molecular weight is 365 g/mol. The van der Waals surface area contributed by atoms with Gasteiger partial charge in [-0.25, -0.2) is 13.2 Å². The number of urea groups is 1. The molecule has 1 aromatic carbocycles. The zero-order valence-corrected chi connectivity index (χ0v) is 14.6. The summed E-state index contributed by atoms with van der Waals surface area (Å²) in [5.41, 5.74) is 0.345. The molecule has 2 fully saturated rings. The topological polar surface area (TPSA) is 113 Å². The molecule has 3 rings (SSSR count). The molecule has 2 saturated heterocycles. The summed E-state index contributed by atoms with van der Waals surface area (Å²) in [4.78, 5) is 37.8. The van der Waals surface area contributed by atoms with Crippen LogP contribution in [0.1, 0.15) is 18.4 Å². The van der Waals surface area contributed by atoms with E-state index in [2.05, 4.69) is 10.6 Å². The summed E-state index contributed by atoms with van der Waals surface area (Å²) in [6.45, 7) is 1.47. The Balaban J connectivity index is 1.68. The molecule has 0 aromatic heterocycles. The number of hydrogen-bond donors (Lipinski definition) is 2. The molecule has 1 aromatic rings. The van der Waals surface area contributed by atoms with E-state index in [0.29, 0.717) is 5.69 Å². The summed E-state index contributed by atoms with van der Waals surface area (Å²) < 4.78 is 23.1. The first-order valence-electron chi connectivity index (χ1n) is 7.92. The molecular formula is C16H19N3O5S. The molecule has 0 atom stereocenters. The van der Waals surface area contributed by atoms with Gasteiger partial charge in [0.05, 0.1) is 11.5 Å². The maximum atomic E-state index is 12.6. The van der Waals surface area contributed by atoms with Gasteiger partial charge in [0.2, 0.25) is 5.91 Å². The van der Waals surface area contributed by atoms with Crippen LogP contribution in [-0.4, -0.2) is 54.8 Å². The molecule has 8 nitrogen and oxygen atoms in total. The van der Waals surface area contributed by atoms with Gasteiger partial charge in [-0.3, -0.25) is 14.5 Å². The molecule has 0 aliphatic carbocycles. The molecule has 2 aliphatic heterocycles. The predicted molar refractivity (Wildman–Crippen MR) is 90.7 cm³/mol. The molecule has 1 spiro atoms. The van der Waals surface area contributed by atoms with Crippen LogP contribution in [0.3, 0.4) is 0 Å². The van der Waals surface area contributed by atoms with Crippen LogP contribution in [0.15, 0.2) is 24.3 Å². The van der Waals surface area contributed by atoms with Gasteiger partial charge in [-0.2, -0.15) is 0 Å².